The summed E-state index contributed by atoms with van der Waals surface area (Å²) >= 11 is 5.94. The smallest absolute Gasteiger partial charge is 0.296 e. The highest BCUT2D eigenvalue weighted by Crippen LogP contribution is 2.41. The highest BCUT2D eigenvalue weighted by Gasteiger charge is 2.46. The molecule has 30 heavy (non-hydrogen) atoms. The maximum atomic E-state index is 13.0. The van der Waals surface area contributed by atoms with E-state index < -0.39 is 17.7 Å². The van der Waals surface area contributed by atoms with E-state index in [1.807, 2.05) is 0 Å². The number of ether oxygens (including phenoxy) is 1. The number of aliphatic hydroxyl groups excluding tert-OH is 1. The molecule has 1 fully saturated rings. The van der Waals surface area contributed by atoms with Gasteiger partial charge in [-0.1, -0.05) is 23.7 Å². The Labute approximate surface area is 177 Å². The van der Waals surface area contributed by atoms with E-state index >= 15 is 0 Å². The van der Waals surface area contributed by atoms with Gasteiger partial charge in [-0.05, 0) is 54.1 Å². The van der Waals surface area contributed by atoms with Gasteiger partial charge in [-0.2, -0.15) is 0 Å². The number of carbonyl (C=O) groups is 2. The number of benzene rings is 2. The first kappa shape index (κ1) is 19.8. The summed E-state index contributed by atoms with van der Waals surface area (Å²) in [5.41, 5.74) is 1.03. The number of furan rings is 1. The van der Waals surface area contributed by atoms with Crippen LogP contribution in [0.15, 0.2) is 76.9 Å². The van der Waals surface area contributed by atoms with Crippen LogP contribution in [0.3, 0.4) is 0 Å². The third kappa shape index (κ3) is 3.57. The number of aliphatic hydroxyl groups is 1. The summed E-state index contributed by atoms with van der Waals surface area (Å²) in [6, 6.07) is 16.1. The topological polar surface area (TPSA) is 80.0 Å². The fraction of sp³-hybridized carbons (Fsp3) is 0.130. The summed E-state index contributed by atoms with van der Waals surface area (Å²) < 4.78 is 10.7. The average Bonchev–Trinajstić information content (AvgIpc) is 3.36. The standard InChI is InChI=1S/C23H18ClNO5/c1-29-17-5-2-4-15(12-17)20-19(21(26)14-7-9-16(24)10-8-14)22(27)23(28)25(20)13-18-6-3-11-30-18/h2-12,20,26H,13H2,1H3/t20-/m0/s1. The number of Topliss-reactive ketones (excluding diaryl/α,β-unsaturated/α-hetero) is 1. The van der Waals surface area contributed by atoms with Crippen LogP contribution in [0.25, 0.3) is 5.76 Å². The molecule has 1 saturated heterocycles. The minimum absolute atomic E-state index is 0.00197. The third-order valence-electron chi connectivity index (χ3n) is 4.97. The van der Waals surface area contributed by atoms with Crippen LogP contribution in [0.5, 0.6) is 5.75 Å². The third-order valence-corrected chi connectivity index (χ3v) is 5.23. The monoisotopic (exact) mass is 423 g/mol. The van der Waals surface area contributed by atoms with E-state index in [-0.39, 0.29) is 17.9 Å². The normalized spacial score (nSPS) is 18.1. The largest absolute Gasteiger partial charge is 0.507 e. The Morgan fingerprint density at radius 2 is 1.90 bits per heavy atom. The van der Waals surface area contributed by atoms with Crippen molar-refractivity contribution in [1.82, 2.24) is 4.90 Å². The molecular formula is C23H18ClNO5. The molecule has 0 bridgehead atoms. The van der Waals surface area contributed by atoms with E-state index in [0.717, 1.165) is 0 Å². The molecule has 0 spiro atoms. The molecule has 1 aliphatic rings. The number of hydrogen-bond donors (Lipinski definition) is 1. The second-order valence-electron chi connectivity index (χ2n) is 6.79. The average molecular weight is 424 g/mol. The molecule has 4 rings (SSSR count). The molecule has 7 heteroatoms. The van der Waals surface area contributed by atoms with E-state index in [1.54, 1.807) is 60.7 Å². The lowest BCUT2D eigenvalue weighted by molar-refractivity contribution is -0.140. The number of amides is 1. The van der Waals surface area contributed by atoms with E-state index in [0.29, 0.717) is 27.7 Å². The molecule has 0 aliphatic carbocycles. The summed E-state index contributed by atoms with van der Waals surface area (Å²) in [6.07, 6.45) is 1.50. The van der Waals surface area contributed by atoms with Crippen LogP contribution in [0.1, 0.15) is 22.9 Å². The maximum absolute atomic E-state index is 13.0. The predicted molar refractivity (Wildman–Crippen MR) is 111 cm³/mol. The van der Waals surface area contributed by atoms with Gasteiger partial charge in [0.05, 0.1) is 31.5 Å². The van der Waals surface area contributed by atoms with E-state index in [9.17, 15) is 14.7 Å². The van der Waals surface area contributed by atoms with Gasteiger partial charge in [-0.15, -0.1) is 0 Å². The molecule has 1 aliphatic heterocycles. The molecule has 3 aromatic rings. The quantitative estimate of drug-likeness (QED) is 0.369. The lowest BCUT2D eigenvalue weighted by atomic mass is 9.95. The number of ketones is 1. The van der Waals surface area contributed by atoms with Crippen molar-refractivity contribution in [2.24, 2.45) is 0 Å². The van der Waals surface area contributed by atoms with Gasteiger partial charge in [0, 0.05) is 10.6 Å². The van der Waals surface area contributed by atoms with Crippen LogP contribution in [-0.4, -0.2) is 28.8 Å². The van der Waals surface area contributed by atoms with Crippen molar-refractivity contribution < 1.29 is 23.8 Å². The van der Waals surface area contributed by atoms with Crippen LogP contribution in [0.4, 0.5) is 0 Å². The molecular weight excluding hydrogens is 406 g/mol. The molecule has 0 radical (unpaired) electrons. The van der Waals surface area contributed by atoms with Gasteiger partial charge in [0.1, 0.15) is 17.3 Å². The number of likely N-dealkylation sites (tertiary alicyclic amines) is 1. The summed E-state index contributed by atoms with van der Waals surface area (Å²) in [7, 11) is 1.53. The lowest BCUT2D eigenvalue weighted by Crippen LogP contribution is -2.29. The van der Waals surface area contributed by atoms with Gasteiger partial charge >= 0.3 is 0 Å². The van der Waals surface area contributed by atoms with Crippen molar-refractivity contribution >= 4 is 29.1 Å². The van der Waals surface area contributed by atoms with E-state index in [2.05, 4.69) is 0 Å². The van der Waals surface area contributed by atoms with Gasteiger partial charge in [0.25, 0.3) is 11.7 Å². The lowest BCUT2D eigenvalue weighted by Gasteiger charge is -2.24. The molecule has 1 aromatic heterocycles. The first-order chi connectivity index (χ1) is 14.5. The number of nitrogens with zero attached hydrogens (tertiary/aromatic N) is 1. The van der Waals surface area contributed by atoms with Crippen molar-refractivity contribution in [1.29, 1.82) is 0 Å². The van der Waals surface area contributed by atoms with Crippen LogP contribution in [0, 0.1) is 0 Å². The van der Waals surface area contributed by atoms with Crippen molar-refractivity contribution in [3.63, 3.8) is 0 Å². The number of halogens is 1. The Balaban J connectivity index is 1.87. The highest BCUT2D eigenvalue weighted by atomic mass is 35.5. The molecule has 0 saturated carbocycles. The first-order valence-corrected chi connectivity index (χ1v) is 9.58. The van der Waals surface area contributed by atoms with Gasteiger partial charge in [-0.25, -0.2) is 0 Å². The fourth-order valence-corrected chi connectivity index (χ4v) is 3.66. The summed E-state index contributed by atoms with van der Waals surface area (Å²) in [5, 5.41) is 11.5. The number of carbonyl (C=O) groups excluding carboxylic acids is 2. The zero-order valence-corrected chi connectivity index (χ0v) is 16.8. The minimum Gasteiger partial charge on any atom is -0.507 e. The maximum Gasteiger partial charge on any atom is 0.296 e. The first-order valence-electron chi connectivity index (χ1n) is 9.20. The SMILES string of the molecule is COc1cccc([C@H]2C(=C(O)c3ccc(Cl)cc3)C(=O)C(=O)N2Cc2ccco2)c1. The van der Waals surface area contributed by atoms with Crippen LogP contribution in [-0.2, 0) is 16.1 Å². The second kappa shape index (κ2) is 8.08. The van der Waals surface area contributed by atoms with Crippen LogP contribution in [0.2, 0.25) is 5.02 Å². The number of rotatable bonds is 5. The van der Waals surface area contributed by atoms with Gasteiger partial charge < -0.3 is 19.2 Å². The Bertz CT molecular complexity index is 1120. The predicted octanol–water partition coefficient (Wildman–Crippen LogP) is 4.56. The summed E-state index contributed by atoms with van der Waals surface area (Å²) in [6.45, 7) is 0.0802. The van der Waals surface area contributed by atoms with E-state index in [4.69, 9.17) is 20.8 Å². The van der Waals surface area contributed by atoms with Crippen LogP contribution >= 0.6 is 11.6 Å². The molecule has 0 unspecified atom stereocenters. The zero-order chi connectivity index (χ0) is 21.3. The van der Waals surface area contributed by atoms with Crippen molar-refractivity contribution in [3.8, 4) is 5.75 Å². The Hall–Kier alpha value is -3.51. The van der Waals surface area contributed by atoms with Gasteiger partial charge in [0.2, 0.25) is 0 Å². The fourth-order valence-electron chi connectivity index (χ4n) is 3.53. The molecule has 1 amide bonds. The van der Waals surface area contributed by atoms with Crippen molar-refractivity contribution in [3.05, 3.63) is 94.4 Å². The van der Waals surface area contributed by atoms with Crippen molar-refractivity contribution in [2.45, 2.75) is 12.6 Å². The summed E-state index contributed by atoms with van der Waals surface area (Å²) in [5.74, 6) is -0.643. The van der Waals surface area contributed by atoms with Gasteiger partial charge in [0.15, 0.2) is 0 Å². The minimum atomic E-state index is -0.805. The number of hydrogen-bond acceptors (Lipinski definition) is 5. The molecule has 1 N–H and O–H groups in total. The Morgan fingerprint density at radius 1 is 1.13 bits per heavy atom. The van der Waals surface area contributed by atoms with Crippen molar-refractivity contribution in [2.75, 3.05) is 7.11 Å². The second-order valence-corrected chi connectivity index (χ2v) is 7.23. The highest BCUT2D eigenvalue weighted by molar-refractivity contribution is 6.46. The molecule has 2 aromatic carbocycles. The molecule has 1 atom stereocenters. The van der Waals surface area contributed by atoms with Gasteiger partial charge in [-0.3, -0.25) is 9.59 Å². The summed E-state index contributed by atoms with van der Waals surface area (Å²) in [4.78, 5) is 27.3. The molecule has 152 valence electrons. The van der Waals surface area contributed by atoms with Crippen LogP contribution < -0.4 is 4.74 Å². The molecule has 2 heterocycles. The van der Waals surface area contributed by atoms with E-state index in [1.165, 1.54) is 18.3 Å². The number of methoxy groups -OCH3 is 1. The zero-order valence-electron chi connectivity index (χ0n) is 16.0. The molecule has 6 nitrogen and oxygen atoms in total. The Morgan fingerprint density at radius 3 is 2.57 bits per heavy atom. The Kier molecular flexibility index (Phi) is 5.33.